The van der Waals surface area contributed by atoms with Gasteiger partial charge >= 0.3 is 12.1 Å². The van der Waals surface area contributed by atoms with Crippen LogP contribution in [0.2, 0.25) is 0 Å². The minimum absolute atomic E-state index is 0.125. The molecule has 1 aliphatic carbocycles. The van der Waals surface area contributed by atoms with E-state index in [2.05, 4.69) is 4.74 Å². The van der Waals surface area contributed by atoms with Crippen molar-refractivity contribution in [1.82, 2.24) is 0 Å². The molecule has 0 bridgehead atoms. The van der Waals surface area contributed by atoms with Crippen molar-refractivity contribution in [3.8, 4) is 0 Å². The Balaban J connectivity index is 1.89. The Hall–Kier alpha value is -1.53. The Morgan fingerprint density at radius 1 is 1.05 bits per heavy atom. The zero-order valence-electron chi connectivity index (χ0n) is 26.4. The maximum absolute atomic E-state index is 15.8. The van der Waals surface area contributed by atoms with Crippen LogP contribution in [0, 0.1) is 17.3 Å². The second-order valence-corrected chi connectivity index (χ2v) is 12.5. The molecule has 3 unspecified atom stereocenters. The van der Waals surface area contributed by atoms with E-state index in [-0.39, 0.29) is 25.2 Å². The number of carbonyl (C=O) groups excluding carboxylic acids is 1. The Morgan fingerprint density at radius 3 is 2.32 bits per heavy atom. The molecule has 3 aliphatic rings. The van der Waals surface area contributed by atoms with E-state index in [4.69, 9.17) is 18.9 Å². The molecule has 3 fully saturated rings. The summed E-state index contributed by atoms with van der Waals surface area (Å²) in [6.07, 6.45) is 2.03. The normalized spacial score (nSPS) is 31.3. The molecular weight excluding hydrogens is 584 g/mol. The van der Waals surface area contributed by atoms with Crippen LogP contribution < -0.4 is 0 Å². The lowest BCUT2D eigenvalue weighted by atomic mass is 9.77. The maximum Gasteiger partial charge on any atom is 0.397 e. The predicted molar refractivity (Wildman–Crippen MR) is 157 cm³/mol. The third kappa shape index (κ3) is 10.5. The summed E-state index contributed by atoms with van der Waals surface area (Å²) >= 11 is 0. The number of methoxy groups -OCH3 is 1. The summed E-state index contributed by atoms with van der Waals surface area (Å²) in [5.74, 6) is -2.03. The lowest BCUT2D eigenvalue weighted by Crippen LogP contribution is -2.48. The molecule has 3 rings (SSSR count). The molecule has 7 nitrogen and oxygen atoms in total. The number of allylic oxidation sites excluding steroid dienone is 2. The number of aliphatic hydroxyl groups is 1. The zero-order valence-corrected chi connectivity index (χ0v) is 26.4. The molecule has 1 saturated carbocycles. The second kappa shape index (κ2) is 18.0. The first-order valence-corrected chi connectivity index (χ1v) is 16.3. The van der Waals surface area contributed by atoms with Crippen LogP contribution in [-0.4, -0.2) is 74.6 Å². The minimum Gasteiger partial charge on any atom is -0.469 e. The number of carbonyl (C=O) groups is 1. The Morgan fingerprint density at radius 2 is 1.73 bits per heavy atom. The fourth-order valence-electron chi connectivity index (χ4n) is 6.32. The molecule has 0 aromatic heterocycles. The van der Waals surface area contributed by atoms with Gasteiger partial charge in [0.1, 0.15) is 6.17 Å². The molecule has 2 heterocycles. The van der Waals surface area contributed by atoms with E-state index in [1.54, 1.807) is 12.2 Å². The Kier molecular flexibility index (Phi) is 15.1. The van der Waals surface area contributed by atoms with Crippen LogP contribution >= 0.6 is 0 Å². The van der Waals surface area contributed by atoms with Gasteiger partial charge in [-0.3, -0.25) is 4.79 Å². The minimum atomic E-state index is -4.57. The summed E-state index contributed by atoms with van der Waals surface area (Å²) in [5.41, 5.74) is -2.20. The molecule has 9 atom stereocenters. The second-order valence-electron chi connectivity index (χ2n) is 12.5. The number of unbranched alkanes of at least 4 members (excludes halogenated alkanes) is 2. The molecule has 11 heteroatoms. The van der Waals surface area contributed by atoms with Gasteiger partial charge in [0.2, 0.25) is 0 Å². The highest BCUT2D eigenvalue weighted by Crippen LogP contribution is 2.48. The molecule has 0 amide bonds. The van der Waals surface area contributed by atoms with Gasteiger partial charge in [-0.2, -0.15) is 13.2 Å². The van der Waals surface area contributed by atoms with Crippen molar-refractivity contribution < 1.29 is 51.1 Å². The van der Waals surface area contributed by atoms with Gasteiger partial charge in [0, 0.05) is 37.9 Å². The number of rotatable bonds is 16. The molecular formula is C33H52F4O7. The zero-order chi connectivity index (χ0) is 32.2. The summed E-state index contributed by atoms with van der Waals surface area (Å²) in [5, 5.41) is 11.0. The Bertz CT molecular complexity index is 901. The first-order chi connectivity index (χ1) is 21.0. The highest BCUT2D eigenvalue weighted by Gasteiger charge is 2.56. The van der Waals surface area contributed by atoms with Crippen molar-refractivity contribution in [1.29, 1.82) is 0 Å². The fourth-order valence-corrected chi connectivity index (χ4v) is 6.32. The highest BCUT2D eigenvalue weighted by molar-refractivity contribution is 5.69. The summed E-state index contributed by atoms with van der Waals surface area (Å²) in [4.78, 5) is 11.4. The van der Waals surface area contributed by atoms with E-state index in [0.717, 1.165) is 25.7 Å². The summed E-state index contributed by atoms with van der Waals surface area (Å²) in [7, 11) is 1.31. The van der Waals surface area contributed by atoms with Gasteiger partial charge in [0.05, 0.1) is 30.8 Å². The molecule has 1 N–H and O–H groups in total. The third-order valence-corrected chi connectivity index (χ3v) is 9.19. The largest absolute Gasteiger partial charge is 0.469 e. The van der Waals surface area contributed by atoms with Crippen LogP contribution in [0.15, 0.2) is 24.3 Å². The summed E-state index contributed by atoms with van der Waals surface area (Å²) in [6.45, 7) is 3.97. The van der Waals surface area contributed by atoms with Gasteiger partial charge in [0.15, 0.2) is 12.6 Å². The van der Waals surface area contributed by atoms with Gasteiger partial charge in [-0.25, -0.2) is 4.39 Å². The van der Waals surface area contributed by atoms with E-state index in [0.29, 0.717) is 51.7 Å². The first kappa shape index (κ1) is 36.9. The van der Waals surface area contributed by atoms with E-state index >= 15 is 4.39 Å². The number of hydrogen-bond donors (Lipinski definition) is 1. The topological polar surface area (TPSA) is 83.5 Å². The maximum atomic E-state index is 15.8. The number of ether oxygens (including phenoxy) is 5. The number of halogens is 4. The molecule has 2 saturated heterocycles. The van der Waals surface area contributed by atoms with Crippen LogP contribution in [0.5, 0.6) is 0 Å². The highest BCUT2D eigenvalue weighted by atomic mass is 19.4. The lowest BCUT2D eigenvalue weighted by molar-refractivity contribution is -0.279. The quantitative estimate of drug-likeness (QED) is 0.0821. The average Bonchev–Trinajstić information content (AvgIpc) is 3.31. The number of esters is 1. The molecule has 2 aliphatic heterocycles. The van der Waals surface area contributed by atoms with E-state index in [9.17, 15) is 23.1 Å². The van der Waals surface area contributed by atoms with Crippen LogP contribution in [0.4, 0.5) is 17.6 Å². The fraction of sp³-hybridized carbons (Fsp3) is 0.848. The third-order valence-electron chi connectivity index (χ3n) is 9.19. The molecule has 0 aromatic carbocycles. The smallest absolute Gasteiger partial charge is 0.397 e. The number of hydrogen-bond acceptors (Lipinski definition) is 7. The monoisotopic (exact) mass is 636 g/mol. The predicted octanol–water partition coefficient (Wildman–Crippen LogP) is 7.36. The van der Waals surface area contributed by atoms with E-state index < -0.39 is 60.5 Å². The van der Waals surface area contributed by atoms with Crippen LogP contribution in [0.25, 0.3) is 0 Å². The van der Waals surface area contributed by atoms with Crippen molar-refractivity contribution in [2.24, 2.45) is 17.3 Å². The standard InChI is InChI=1S/C33H52F4O7/c1-4-5-19-32(2,33(35,36)37)27(44-30-16-10-12-21-42-30)18-17-23-26(43-29-15-9-11-20-41-29)22-25(38)31(23)24(34)13-7-6-8-14-28(39)40-3/h7,13,17-18,23-27,29-31,38H,4-6,8-12,14-16,19-22H2,1-3H3/t23-,24-,25-,26+,27+,29?,30?,31-,32?/m0/s1. The van der Waals surface area contributed by atoms with Gasteiger partial charge in [-0.15, -0.1) is 0 Å². The van der Waals surface area contributed by atoms with Gasteiger partial charge < -0.3 is 28.8 Å². The first-order valence-electron chi connectivity index (χ1n) is 16.3. The molecule has 254 valence electrons. The van der Waals surface area contributed by atoms with Gasteiger partial charge in [-0.1, -0.05) is 44.1 Å². The van der Waals surface area contributed by atoms with Crippen molar-refractivity contribution in [2.75, 3.05) is 20.3 Å². The molecule has 0 aromatic rings. The number of alkyl halides is 4. The van der Waals surface area contributed by atoms with Crippen molar-refractivity contribution in [3.05, 3.63) is 24.3 Å². The van der Waals surface area contributed by atoms with Gasteiger partial charge in [-0.05, 0) is 64.7 Å². The summed E-state index contributed by atoms with van der Waals surface area (Å²) < 4.78 is 88.3. The van der Waals surface area contributed by atoms with Crippen LogP contribution in [0.3, 0.4) is 0 Å². The van der Waals surface area contributed by atoms with Crippen molar-refractivity contribution >= 4 is 5.97 Å². The lowest BCUT2D eigenvalue weighted by Gasteiger charge is -2.40. The van der Waals surface area contributed by atoms with Crippen LogP contribution in [0.1, 0.15) is 97.3 Å². The van der Waals surface area contributed by atoms with E-state index in [1.165, 1.54) is 26.2 Å². The van der Waals surface area contributed by atoms with E-state index in [1.807, 2.05) is 6.92 Å². The van der Waals surface area contributed by atoms with Crippen LogP contribution in [-0.2, 0) is 28.5 Å². The Labute approximate surface area is 259 Å². The molecule has 0 radical (unpaired) electrons. The van der Waals surface area contributed by atoms with Crippen molar-refractivity contribution in [2.45, 2.75) is 141 Å². The summed E-state index contributed by atoms with van der Waals surface area (Å²) in [6, 6.07) is 0. The molecule has 44 heavy (non-hydrogen) atoms. The SMILES string of the molecule is CCCCC(C)([C@@H](C=C[C@@H]1[C@@H]([C@@H](F)C=CCCCC(=O)OC)[C@@H](O)C[C@H]1OC1CCCCO1)OC1CCCCO1)C(F)(F)F. The number of aliphatic hydroxyl groups excluding tert-OH is 1. The average molecular weight is 637 g/mol. The van der Waals surface area contributed by atoms with Crippen molar-refractivity contribution in [3.63, 3.8) is 0 Å². The molecule has 0 spiro atoms. The van der Waals surface area contributed by atoms with Gasteiger partial charge in [0.25, 0.3) is 0 Å².